The zero-order valence-electron chi connectivity index (χ0n) is 18.6. The first-order valence-electron chi connectivity index (χ1n) is 10.6. The van der Waals surface area contributed by atoms with E-state index < -0.39 is 5.82 Å². The van der Waals surface area contributed by atoms with Crippen LogP contribution in [-0.4, -0.2) is 42.2 Å². The number of anilines is 1. The molecule has 1 heterocycles. The third kappa shape index (κ3) is 4.60. The van der Waals surface area contributed by atoms with Gasteiger partial charge in [0.05, 0.1) is 24.3 Å². The van der Waals surface area contributed by atoms with Crippen molar-refractivity contribution in [2.75, 3.05) is 19.5 Å². The second-order valence-electron chi connectivity index (χ2n) is 7.87. The van der Waals surface area contributed by atoms with Gasteiger partial charge in [0.15, 0.2) is 0 Å². The molecule has 0 bridgehead atoms. The van der Waals surface area contributed by atoms with Crippen LogP contribution in [0.5, 0.6) is 11.5 Å². The number of fused-ring (bicyclic) bond motifs is 1. The highest BCUT2D eigenvalue weighted by molar-refractivity contribution is 6.41. The number of carbonyl (C=O) groups excluding carboxylic acids is 1. The summed E-state index contributed by atoms with van der Waals surface area (Å²) >= 11 is 13.0. The summed E-state index contributed by atoms with van der Waals surface area (Å²) in [7, 11) is 2.94. The fraction of sp³-hybridized carbons (Fsp3) is 0.292. The van der Waals surface area contributed by atoms with Crippen LogP contribution in [0.3, 0.4) is 0 Å². The van der Waals surface area contributed by atoms with Gasteiger partial charge in [0.25, 0.3) is 0 Å². The SMILES string of the molecule is C=CC(=O)NC1CCCC1Nc1ncc2cc(-c3c(Cl)c(OC)cc(OC)c3Cl)cc(F)c2n1. The van der Waals surface area contributed by atoms with Crippen molar-refractivity contribution in [1.29, 1.82) is 0 Å². The lowest BCUT2D eigenvalue weighted by Crippen LogP contribution is -2.42. The van der Waals surface area contributed by atoms with Gasteiger partial charge in [-0.15, -0.1) is 0 Å². The predicted molar refractivity (Wildman–Crippen MR) is 131 cm³/mol. The van der Waals surface area contributed by atoms with Crippen LogP contribution in [-0.2, 0) is 4.79 Å². The Hall–Kier alpha value is -3.10. The molecule has 0 saturated heterocycles. The van der Waals surface area contributed by atoms with Gasteiger partial charge in [-0.1, -0.05) is 29.8 Å². The van der Waals surface area contributed by atoms with E-state index in [9.17, 15) is 4.79 Å². The molecule has 1 fully saturated rings. The highest BCUT2D eigenvalue weighted by atomic mass is 35.5. The molecular weight excluding hydrogens is 482 g/mol. The Morgan fingerprint density at radius 1 is 1.15 bits per heavy atom. The molecule has 1 saturated carbocycles. The molecular formula is C24H23Cl2FN4O3. The lowest BCUT2D eigenvalue weighted by molar-refractivity contribution is -0.117. The van der Waals surface area contributed by atoms with Crippen molar-refractivity contribution in [2.24, 2.45) is 0 Å². The maximum atomic E-state index is 15.2. The van der Waals surface area contributed by atoms with Gasteiger partial charge in [0, 0.05) is 35.3 Å². The van der Waals surface area contributed by atoms with Crippen molar-refractivity contribution >= 4 is 46.0 Å². The van der Waals surface area contributed by atoms with Crippen molar-refractivity contribution in [2.45, 2.75) is 31.3 Å². The van der Waals surface area contributed by atoms with Crippen LogP contribution >= 0.6 is 23.2 Å². The van der Waals surface area contributed by atoms with Crippen LogP contribution in [0.1, 0.15) is 19.3 Å². The van der Waals surface area contributed by atoms with Gasteiger partial charge in [-0.05, 0) is 43.0 Å². The summed E-state index contributed by atoms with van der Waals surface area (Å²) in [6.07, 6.45) is 5.37. The number of amides is 1. The molecule has 1 amide bonds. The Kier molecular flexibility index (Phi) is 7.09. The molecule has 1 aromatic heterocycles. The number of nitrogens with one attached hydrogen (secondary N) is 2. The number of hydrogen-bond donors (Lipinski definition) is 2. The number of aromatic nitrogens is 2. The summed E-state index contributed by atoms with van der Waals surface area (Å²) in [4.78, 5) is 20.4. The molecule has 0 radical (unpaired) electrons. The fourth-order valence-corrected chi connectivity index (χ4v) is 4.89. The average Bonchev–Trinajstić information content (AvgIpc) is 3.26. The van der Waals surface area contributed by atoms with E-state index in [4.69, 9.17) is 32.7 Å². The number of benzene rings is 2. The third-order valence-corrected chi connectivity index (χ3v) is 6.59. The highest BCUT2D eigenvalue weighted by Crippen LogP contribution is 2.46. The Morgan fingerprint density at radius 2 is 1.82 bits per heavy atom. The zero-order valence-corrected chi connectivity index (χ0v) is 20.1. The lowest BCUT2D eigenvalue weighted by Gasteiger charge is -2.21. The van der Waals surface area contributed by atoms with Gasteiger partial charge in [0.1, 0.15) is 22.8 Å². The molecule has 2 N–H and O–H groups in total. The monoisotopic (exact) mass is 504 g/mol. The minimum Gasteiger partial charge on any atom is -0.495 e. The number of carbonyl (C=O) groups is 1. The second-order valence-corrected chi connectivity index (χ2v) is 8.63. The second kappa shape index (κ2) is 10.0. The molecule has 10 heteroatoms. The first-order chi connectivity index (χ1) is 16.4. The van der Waals surface area contributed by atoms with Crippen molar-refractivity contribution < 1.29 is 18.7 Å². The summed E-state index contributed by atoms with van der Waals surface area (Å²) in [6, 6.07) is 4.44. The van der Waals surface area contributed by atoms with E-state index in [0.29, 0.717) is 28.0 Å². The van der Waals surface area contributed by atoms with Gasteiger partial charge < -0.3 is 20.1 Å². The van der Waals surface area contributed by atoms with Crippen LogP contribution in [0.15, 0.2) is 37.1 Å². The fourth-order valence-electron chi connectivity index (χ4n) is 4.17. The first kappa shape index (κ1) is 24.0. The quantitative estimate of drug-likeness (QED) is 0.419. The summed E-state index contributed by atoms with van der Waals surface area (Å²) in [5, 5.41) is 7.07. The van der Waals surface area contributed by atoms with E-state index in [1.54, 1.807) is 12.1 Å². The predicted octanol–water partition coefficient (Wildman–Crippen LogP) is 5.40. The van der Waals surface area contributed by atoms with Crippen molar-refractivity contribution in [1.82, 2.24) is 15.3 Å². The minimum absolute atomic E-state index is 0.0643. The molecule has 2 atom stereocenters. The summed E-state index contributed by atoms with van der Waals surface area (Å²) in [6.45, 7) is 3.49. The Bertz CT molecular complexity index is 1240. The minimum atomic E-state index is -0.560. The Balaban J connectivity index is 1.69. The molecule has 3 aromatic rings. The standard InChI is InChI=1S/C24H23Cl2FN4O3/c1-4-19(32)29-15-6-5-7-16(15)30-24-28-11-13-8-12(9-14(27)23(13)31-24)20-21(25)17(33-2)10-18(34-3)22(20)26/h4,8-11,15-16H,1,5-7H2,2-3H3,(H,29,32)(H,28,30,31). The van der Waals surface area contributed by atoms with Crippen LogP contribution < -0.4 is 20.1 Å². The van der Waals surface area contributed by atoms with Crippen LogP contribution in [0, 0.1) is 5.82 Å². The normalized spacial score (nSPS) is 17.4. The zero-order chi connectivity index (χ0) is 24.4. The van der Waals surface area contributed by atoms with E-state index in [1.807, 2.05) is 0 Å². The van der Waals surface area contributed by atoms with Crippen LogP contribution in [0.2, 0.25) is 10.0 Å². The van der Waals surface area contributed by atoms with Gasteiger partial charge >= 0.3 is 0 Å². The van der Waals surface area contributed by atoms with Crippen LogP contribution in [0.25, 0.3) is 22.0 Å². The Morgan fingerprint density at radius 3 is 2.47 bits per heavy atom. The lowest BCUT2D eigenvalue weighted by atomic mass is 10.0. The van der Waals surface area contributed by atoms with E-state index in [2.05, 4.69) is 27.2 Å². The maximum absolute atomic E-state index is 15.2. The summed E-state index contributed by atoms with van der Waals surface area (Å²) in [5.74, 6) is 0.189. The molecule has 0 spiro atoms. The van der Waals surface area contributed by atoms with E-state index in [0.717, 1.165) is 19.3 Å². The molecule has 2 aromatic carbocycles. The van der Waals surface area contributed by atoms with Gasteiger partial charge in [-0.2, -0.15) is 0 Å². The smallest absolute Gasteiger partial charge is 0.243 e. The van der Waals surface area contributed by atoms with E-state index in [1.165, 1.54) is 32.6 Å². The summed E-state index contributed by atoms with van der Waals surface area (Å²) in [5.41, 5.74) is 0.965. The molecule has 7 nitrogen and oxygen atoms in total. The molecule has 34 heavy (non-hydrogen) atoms. The van der Waals surface area contributed by atoms with Crippen LogP contribution in [0.4, 0.5) is 10.3 Å². The topological polar surface area (TPSA) is 85.4 Å². The Labute approximate surface area is 206 Å². The number of rotatable bonds is 7. The molecule has 1 aliphatic carbocycles. The molecule has 0 aliphatic heterocycles. The van der Waals surface area contributed by atoms with Gasteiger partial charge in [-0.25, -0.2) is 14.4 Å². The number of hydrogen-bond acceptors (Lipinski definition) is 6. The molecule has 1 aliphatic rings. The van der Waals surface area contributed by atoms with Gasteiger partial charge in [0.2, 0.25) is 11.9 Å². The van der Waals surface area contributed by atoms with E-state index in [-0.39, 0.29) is 39.5 Å². The average molecular weight is 505 g/mol. The molecule has 2 unspecified atom stereocenters. The first-order valence-corrected chi connectivity index (χ1v) is 11.4. The van der Waals surface area contributed by atoms with Gasteiger partial charge in [-0.3, -0.25) is 4.79 Å². The largest absolute Gasteiger partial charge is 0.495 e. The molecule has 178 valence electrons. The number of halogens is 3. The van der Waals surface area contributed by atoms with Crippen molar-refractivity contribution in [3.8, 4) is 22.6 Å². The van der Waals surface area contributed by atoms with Crippen molar-refractivity contribution in [3.05, 3.63) is 52.9 Å². The summed E-state index contributed by atoms with van der Waals surface area (Å²) < 4.78 is 25.8. The number of nitrogens with zero attached hydrogens (tertiary/aromatic N) is 2. The highest BCUT2D eigenvalue weighted by Gasteiger charge is 2.29. The maximum Gasteiger partial charge on any atom is 0.243 e. The number of ether oxygens (including phenoxy) is 2. The van der Waals surface area contributed by atoms with E-state index >= 15 is 4.39 Å². The third-order valence-electron chi connectivity index (χ3n) is 5.84. The van der Waals surface area contributed by atoms with Crippen molar-refractivity contribution in [3.63, 3.8) is 0 Å². The molecule has 4 rings (SSSR count). The number of methoxy groups -OCH3 is 2.